The summed E-state index contributed by atoms with van der Waals surface area (Å²) in [7, 11) is -3.75. The van der Waals surface area contributed by atoms with E-state index in [1.807, 2.05) is 0 Å². The molecule has 1 spiro atoms. The first-order valence-corrected chi connectivity index (χ1v) is 10.6. The molecule has 0 aromatic heterocycles. The Morgan fingerprint density at radius 1 is 1.22 bits per heavy atom. The highest BCUT2D eigenvalue weighted by molar-refractivity contribution is 7.90. The van der Waals surface area contributed by atoms with Crippen LogP contribution in [-0.4, -0.2) is 51.9 Å². The molecule has 0 unspecified atom stereocenters. The third kappa shape index (κ3) is 3.06. The minimum Gasteiger partial charge on any atom is -0.381 e. The summed E-state index contributed by atoms with van der Waals surface area (Å²) in [5, 5.41) is 0.262. The van der Waals surface area contributed by atoms with E-state index < -0.39 is 32.0 Å². The van der Waals surface area contributed by atoms with Crippen LogP contribution in [0.4, 0.5) is 14.5 Å². The van der Waals surface area contributed by atoms with Crippen LogP contribution in [0.2, 0.25) is 0 Å². The fraction of sp³-hybridized carbons (Fsp3) is 0.471. The van der Waals surface area contributed by atoms with Crippen LogP contribution >= 0.6 is 11.6 Å². The molecule has 3 heterocycles. The van der Waals surface area contributed by atoms with Gasteiger partial charge in [0.15, 0.2) is 21.5 Å². The smallest absolute Gasteiger partial charge is 0.175 e. The number of anilines is 1. The standard InChI is InChI=1S/C17H17ClF2N2O4S/c1-27(23,24)10-6-12(19)14(13(20)7-10)22-9-21-16(18)11-8-26-17(15(11)22)2-4-25-5-3-17/h6-7H,2-5,8-9H2,1H3. The summed E-state index contributed by atoms with van der Waals surface area (Å²) in [4.78, 5) is 5.13. The summed E-state index contributed by atoms with van der Waals surface area (Å²) in [5.74, 6) is -1.96. The van der Waals surface area contributed by atoms with Crippen molar-refractivity contribution in [2.45, 2.75) is 23.3 Å². The molecule has 1 aromatic rings. The van der Waals surface area contributed by atoms with Crippen molar-refractivity contribution in [3.05, 3.63) is 35.0 Å². The van der Waals surface area contributed by atoms with Crippen LogP contribution in [0.3, 0.4) is 0 Å². The number of halogens is 3. The molecule has 0 amide bonds. The van der Waals surface area contributed by atoms with Gasteiger partial charge in [-0.25, -0.2) is 17.2 Å². The monoisotopic (exact) mass is 418 g/mol. The Labute approximate surface area is 160 Å². The average Bonchev–Trinajstić information content (AvgIpc) is 2.96. The molecule has 146 valence electrons. The zero-order valence-corrected chi connectivity index (χ0v) is 16.0. The molecular formula is C17H17ClF2N2O4S. The number of hydrogen-bond acceptors (Lipinski definition) is 6. The van der Waals surface area contributed by atoms with Crippen molar-refractivity contribution in [2.75, 3.05) is 37.6 Å². The summed E-state index contributed by atoms with van der Waals surface area (Å²) < 4.78 is 64.4. The maximum Gasteiger partial charge on any atom is 0.175 e. The van der Waals surface area contributed by atoms with Gasteiger partial charge >= 0.3 is 0 Å². The minimum absolute atomic E-state index is 0.0876. The predicted molar refractivity (Wildman–Crippen MR) is 95.9 cm³/mol. The normalized spacial score (nSPS) is 22.2. The van der Waals surface area contributed by atoms with Gasteiger partial charge in [-0.15, -0.1) is 0 Å². The molecule has 1 saturated heterocycles. The molecule has 27 heavy (non-hydrogen) atoms. The van der Waals surface area contributed by atoms with Gasteiger partial charge < -0.3 is 14.4 Å². The number of hydrogen-bond donors (Lipinski definition) is 0. The Morgan fingerprint density at radius 3 is 2.44 bits per heavy atom. The maximum atomic E-state index is 14.8. The minimum atomic E-state index is -3.75. The fourth-order valence-corrected chi connectivity index (χ4v) is 4.60. The van der Waals surface area contributed by atoms with E-state index in [0.717, 1.165) is 18.4 Å². The van der Waals surface area contributed by atoms with Gasteiger partial charge in [0.2, 0.25) is 0 Å². The van der Waals surface area contributed by atoms with Gasteiger partial charge in [0.05, 0.1) is 17.2 Å². The van der Waals surface area contributed by atoms with Crippen LogP contribution in [0.1, 0.15) is 12.8 Å². The Balaban J connectivity index is 1.85. The number of sulfone groups is 1. The van der Waals surface area contributed by atoms with E-state index in [1.165, 1.54) is 4.90 Å². The van der Waals surface area contributed by atoms with Crippen molar-refractivity contribution >= 4 is 32.3 Å². The van der Waals surface area contributed by atoms with Crippen molar-refractivity contribution < 1.29 is 26.7 Å². The van der Waals surface area contributed by atoms with Gasteiger partial charge in [-0.3, -0.25) is 4.99 Å². The van der Waals surface area contributed by atoms with E-state index in [2.05, 4.69) is 4.99 Å². The lowest BCUT2D eigenvalue weighted by Gasteiger charge is -2.41. The van der Waals surface area contributed by atoms with E-state index in [0.29, 0.717) is 37.3 Å². The zero-order valence-electron chi connectivity index (χ0n) is 14.5. The second-order valence-electron chi connectivity index (χ2n) is 6.75. The Morgan fingerprint density at radius 2 is 1.85 bits per heavy atom. The number of fused-ring (bicyclic) bond motifs is 1. The summed E-state index contributed by atoms with van der Waals surface area (Å²) in [6.45, 7) is 1.02. The van der Waals surface area contributed by atoms with Crippen LogP contribution in [0.5, 0.6) is 0 Å². The van der Waals surface area contributed by atoms with Gasteiger partial charge in [-0.05, 0) is 12.1 Å². The molecule has 6 nitrogen and oxygen atoms in total. The van der Waals surface area contributed by atoms with Crippen LogP contribution in [0, 0.1) is 11.6 Å². The lowest BCUT2D eigenvalue weighted by Crippen LogP contribution is -2.46. The van der Waals surface area contributed by atoms with E-state index in [-0.39, 0.29) is 24.1 Å². The van der Waals surface area contributed by atoms with E-state index in [1.54, 1.807) is 0 Å². The van der Waals surface area contributed by atoms with Crippen LogP contribution in [0.25, 0.3) is 0 Å². The number of nitrogens with zero attached hydrogens (tertiary/aromatic N) is 2. The molecule has 0 radical (unpaired) electrons. The molecular weight excluding hydrogens is 402 g/mol. The fourth-order valence-electron chi connectivity index (χ4n) is 3.77. The SMILES string of the molecule is CS(=O)(=O)c1cc(F)c(N2CN=C(Cl)C3=C2C2(CCOCC2)OC3)c(F)c1. The second-order valence-corrected chi connectivity index (χ2v) is 9.12. The number of rotatable bonds is 2. The van der Waals surface area contributed by atoms with Gasteiger partial charge in [0.25, 0.3) is 0 Å². The molecule has 0 N–H and O–H groups in total. The first-order valence-electron chi connectivity index (χ1n) is 8.35. The van der Waals surface area contributed by atoms with Crippen LogP contribution < -0.4 is 4.90 Å². The van der Waals surface area contributed by atoms with Crippen molar-refractivity contribution in [1.29, 1.82) is 0 Å². The van der Waals surface area contributed by atoms with Crippen molar-refractivity contribution in [2.24, 2.45) is 4.99 Å². The highest BCUT2D eigenvalue weighted by atomic mass is 35.5. The molecule has 0 aliphatic carbocycles. The van der Waals surface area contributed by atoms with E-state index in [9.17, 15) is 17.2 Å². The first kappa shape index (κ1) is 18.8. The largest absolute Gasteiger partial charge is 0.381 e. The van der Waals surface area contributed by atoms with Gasteiger partial charge in [-0.1, -0.05) is 11.6 Å². The molecule has 4 rings (SSSR count). The Kier molecular flexibility index (Phi) is 4.53. The highest BCUT2D eigenvalue weighted by Gasteiger charge is 2.49. The summed E-state index contributed by atoms with van der Waals surface area (Å²) in [5.41, 5.74) is 0.0589. The van der Waals surface area contributed by atoms with Gasteiger partial charge in [0.1, 0.15) is 23.1 Å². The van der Waals surface area contributed by atoms with Gasteiger partial charge in [0, 0.05) is 37.9 Å². The molecule has 3 aliphatic heterocycles. The summed E-state index contributed by atoms with van der Waals surface area (Å²) in [6.07, 6.45) is 1.95. The van der Waals surface area contributed by atoms with Crippen LogP contribution in [0.15, 0.2) is 33.3 Å². The third-order valence-electron chi connectivity index (χ3n) is 5.07. The quantitative estimate of drug-likeness (QED) is 0.738. The number of aliphatic imine (C=N–C) groups is 1. The van der Waals surface area contributed by atoms with Crippen molar-refractivity contribution in [1.82, 2.24) is 0 Å². The lowest BCUT2D eigenvalue weighted by molar-refractivity contribution is -0.0672. The van der Waals surface area contributed by atoms with E-state index in [4.69, 9.17) is 21.1 Å². The van der Waals surface area contributed by atoms with E-state index >= 15 is 0 Å². The molecule has 0 bridgehead atoms. The predicted octanol–water partition coefficient (Wildman–Crippen LogP) is 2.62. The molecule has 3 aliphatic rings. The average molecular weight is 419 g/mol. The zero-order chi connectivity index (χ0) is 19.4. The molecule has 1 aromatic carbocycles. The van der Waals surface area contributed by atoms with Gasteiger partial charge in [-0.2, -0.15) is 0 Å². The lowest BCUT2D eigenvalue weighted by atomic mass is 9.88. The number of ether oxygens (including phenoxy) is 2. The van der Waals surface area contributed by atoms with Crippen molar-refractivity contribution in [3.63, 3.8) is 0 Å². The second kappa shape index (κ2) is 6.51. The molecule has 0 saturated carbocycles. The maximum absolute atomic E-state index is 14.8. The summed E-state index contributed by atoms with van der Waals surface area (Å²) in [6, 6.07) is 1.64. The summed E-state index contributed by atoms with van der Waals surface area (Å²) >= 11 is 6.22. The Hall–Kier alpha value is -1.55. The third-order valence-corrected chi connectivity index (χ3v) is 6.51. The highest BCUT2D eigenvalue weighted by Crippen LogP contribution is 2.46. The Bertz CT molecular complexity index is 948. The van der Waals surface area contributed by atoms with Crippen molar-refractivity contribution in [3.8, 4) is 0 Å². The first-order chi connectivity index (χ1) is 12.7. The molecule has 1 fully saturated rings. The number of benzene rings is 1. The molecule has 10 heteroatoms. The van der Waals surface area contributed by atoms with Crippen LogP contribution in [-0.2, 0) is 19.3 Å². The molecule has 0 atom stereocenters. The topological polar surface area (TPSA) is 68.2 Å².